The molecule has 1 rings (SSSR count). The Labute approximate surface area is 93.4 Å². The summed E-state index contributed by atoms with van der Waals surface area (Å²) in [5.41, 5.74) is 5.95. The van der Waals surface area contributed by atoms with E-state index in [2.05, 4.69) is 5.32 Å². The van der Waals surface area contributed by atoms with Crippen LogP contribution in [0.3, 0.4) is 0 Å². The molecule has 0 aliphatic rings. The van der Waals surface area contributed by atoms with Crippen molar-refractivity contribution in [3.63, 3.8) is 0 Å². The van der Waals surface area contributed by atoms with Crippen LogP contribution >= 0.6 is 11.6 Å². The molecule has 0 spiro atoms. The van der Waals surface area contributed by atoms with Crippen LogP contribution in [0.4, 0.5) is 5.69 Å². The molecule has 3 N–H and O–H groups in total. The number of amides is 1. The maximum absolute atomic E-state index is 11.4. The van der Waals surface area contributed by atoms with Gasteiger partial charge in [0.05, 0.1) is 18.8 Å². The van der Waals surface area contributed by atoms with Crippen LogP contribution in [-0.4, -0.2) is 19.1 Å². The molecule has 1 atom stereocenters. The molecule has 0 saturated carbocycles. The Morgan fingerprint density at radius 3 is 2.80 bits per heavy atom. The number of carbonyl (C=O) groups excluding carboxylic acids is 1. The Balaban J connectivity index is 2.92. The van der Waals surface area contributed by atoms with Crippen LogP contribution in [0, 0.1) is 0 Å². The zero-order chi connectivity index (χ0) is 11.4. The number of nitrogens with two attached hydrogens (primary N) is 1. The number of hydrogen-bond donors (Lipinski definition) is 2. The third-order valence-corrected chi connectivity index (χ3v) is 2.07. The van der Waals surface area contributed by atoms with Crippen molar-refractivity contribution < 1.29 is 9.53 Å². The van der Waals surface area contributed by atoms with E-state index in [1.807, 2.05) is 0 Å². The van der Waals surface area contributed by atoms with Gasteiger partial charge in [-0.25, -0.2) is 0 Å². The number of halogens is 1. The highest BCUT2D eigenvalue weighted by molar-refractivity contribution is 6.31. The summed E-state index contributed by atoms with van der Waals surface area (Å²) < 4.78 is 5.07. The molecule has 1 amide bonds. The molecule has 0 aromatic heterocycles. The van der Waals surface area contributed by atoms with E-state index >= 15 is 0 Å². The van der Waals surface area contributed by atoms with Gasteiger partial charge >= 0.3 is 0 Å². The molecule has 0 aliphatic heterocycles. The molecule has 4 nitrogen and oxygen atoms in total. The Hall–Kier alpha value is -1.26. The Morgan fingerprint density at radius 1 is 1.60 bits per heavy atom. The van der Waals surface area contributed by atoms with Crippen molar-refractivity contribution in [2.75, 3.05) is 12.4 Å². The fourth-order valence-electron chi connectivity index (χ4n) is 1.02. The third kappa shape index (κ3) is 3.11. The average Bonchev–Trinajstić information content (AvgIpc) is 2.18. The maximum Gasteiger partial charge on any atom is 0.241 e. The van der Waals surface area contributed by atoms with Gasteiger partial charge in [-0.2, -0.15) is 0 Å². The van der Waals surface area contributed by atoms with Gasteiger partial charge in [-0.15, -0.1) is 0 Å². The molecule has 1 aromatic rings. The van der Waals surface area contributed by atoms with Crippen LogP contribution in [0.25, 0.3) is 0 Å². The van der Waals surface area contributed by atoms with E-state index in [0.29, 0.717) is 16.5 Å². The molecule has 0 heterocycles. The molecule has 0 unspecified atom stereocenters. The smallest absolute Gasteiger partial charge is 0.241 e. The zero-order valence-corrected chi connectivity index (χ0v) is 9.34. The third-order valence-electron chi connectivity index (χ3n) is 1.83. The number of nitrogens with one attached hydrogen (secondary N) is 1. The molecule has 0 fully saturated rings. The van der Waals surface area contributed by atoms with Crippen molar-refractivity contribution in [3.8, 4) is 5.75 Å². The van der Waals surface area contributed by atoms with Crippen LogP contribution in [0.15, 0.2) is 18.2 Å². The van der Waals surface area contributed by atoms with Gasteiger partial charge in [0.2, 0.25) is 5.91 Å². The number of carbonyl (C=O) groups is 1. The lowest BCUT2D eigenvalue weighted by Crippen LogP contribution is -2.32. The minimum Gasteiger partial charge on any atom is -0.495 e. The standard InChI is InChI=1S/C10H13ClN2O2/c1-6(12)10(14)13-8-5-7(11)3-4-9(8)15-2/h3-6H,12H2,1-2H3,(H,13,14)/t6-/m1/s1. The van der Waals surface area contributed by atoms with Gasteiger partial charge < -0.3 is 15.8 Å². The number of anilines is 1. The highest BCUT2D eigenvalue weighted by Gasteiger charge is 2.11. The van der Waals surface area contributed by atoms with E-state index < -0.39 is 6.04 Å². The molecule has 0 aliphatic carbocycles. The van der Waals surface area contributed by atoms with E-state index in [4.69, 9.17) is 22.1 Å². The van der Waals surface area contributed by atoms with Gasteiger partial charge in [-0.3, -0.25) is 4.79 Å². The molecule has 5 heteroatoms. The lowest BCUT2D eigenvalue weighted by atomic mass is 10.2. The molecular weight excluding hydrogens is 216 g/mol. The zero-order valence-electron chi connectivity index (χ0n) is 8.58. The summed E-state index contributed by atoms with van der Waals surface area (Å²) in [6, 6.07) is 4.40. The number of ether oxygens (including phenoxy) is 1. The van der Waals surface area contributed by atoms with Crippen molar-refractivity contribution in [1.29, 1.82) is 0 Å². The van der Waals surface area contributed by atoms with Gasteiger partial charge in [-0.05, 0) is 25.1 Å². The van der Waals surface area contributed by atoms with Crippen LogP contribution < -0.4 is 15.8 Å². The van der Waals surface area contributed by atoms with Crippen LogP contribution in [0.1, 0.15) is 6.92 Å². The van der Waals surface area contributed by atoms with Crippen LogP contribution in [-0.2, 0) is 4.79 Å². The van der Waals surface area contributed by atoms with E-state index in [0.717, 1.165) is 0 Å². The molecule has 0 saturated heterocycles. The van der Waals surface area contributed by atoms with E-state index in [1.54, 1.807) is 25.1 Å². The second-order valence-electron chi connectivity index (χ2n) is 3.12. The van der Waals surface area contributed by atoms with Crippen molar-refractivity contribution in [3.05, 3.63) is 23.2 Å². The number of benzene rings is 1. The first-order chi connectivity index (χ1) is 7.04. The summed E-state index contributed by atoms with van der Waals surface area (Å²) in [5, 5.41) is 3.15. The normalized spacial score (nSPS) is 12.0. The SMILES string of the molecule is COc1ccc(Cl)cc1NC(=O)[C@@H](C)N. The fourth-order valence-corrected chi connectivity index (χ4v) is 1.20. The monoisotopic (exact) mass is 228 g/mol. The fraction of sp³-hybridized carbons (Fsp3) is 0.300. The largest absolute Gasteiger partial charge is 0.495 e. The van der Waals surface area contributed by atoms with Crippen molar-refractivity contribution in [2.45, 2.75) is 13.0 Å². The first-order valence-corrected chi connectivity index (χ1v) is 4.82. The number of methoxy groups -OCH3 is 1. The molecule has 0 bridgehead atoms. The van der Waals surface area contributed by atoms with Crippen molar-refractivity contribution in [1.82, 2.24) is 0 Å². The summed E-state index contributed by atoms with van der Waals surface area (Å²) in [6.45, 7) is 1.60. The highest BCUT2D eigenvalue weighted by atomic mass is 35.5. The van der Waals surface area contributed by atoms with Gasteiger partial charge in [-0.1, -0.05) is 11.6 Å². The lowest BCUT2D eigenvalue weighted by Gasteiger charge is -2.11. The first-order valence-electron chi connectivity index (χ1n) is 4.44. The Morgan fingerprint density at radius 2 is 2.27 bits per heavy atom. The Bertz CT molecular complexity index is 366. The lowest BCUT2D eigenvalue weighted by molar-refractivity contribution is -0.117. The highest BCUT2D eigenvalue weighted by Crippen LogP contribution is 2.27. The summed E-state index contributed by atoms with van der Waals surface area (Å²) >= 11 is 5.80. The number of hydrogen-bond acceptors (Lipinski definition) is 3. The quantitative estimate of drug-likeness (QED) is 0.827. The van der Waals surface area contributed by atoms with Gasteiger partial charge in [0.15, 0.2) is 0 Å². The van der Waals surface area contributed by atoms with E-state index in [-0.39, 0.29) is 5.91 Å². The topological polar surface area (TPSA) is 64.3 Å². The molecule has 1 aromatic carbocycles. The predicted octanol–water partition coefficient (Wildman–Crippen LogP) is 1.63. The number of rotatable bonds is 3. The summed E-state index contributed by atoms with van der Waals surface area (Å²) in [7, 11) is 1.52. The summed E-state index contributed by atoms with van der Waals surface area (Å²) in [5.74, 6) is 0.268. The van der Waals surface area contributed by atoms with Crippen molar-refractivity contribution >= 4 is 23.2 Å². The van der Waals surface area contributed by atoms with Gasteiger partial charge in [0.1, 0.15) is 5.75 Å². The maximum atomic E-state index is 11.4. The molecular formula is C10H13ClN2O2. The minimum atomic E-state index is -0.575. The summed E-state index contributed by atoms with van der Waals surface area (Å²) in [6.07, 6.45) is 0. The van der Waals surface area contributed by atoms with E-state index in [1.165, 1.54) is 7.11 Å². The Kier molecular flexibility index (Phi) is 3.94. The minimum absolute atomic E-state index is 0.282. The van der Waals surface area contributed by atoms with Crippen LogP contribution in [0.5, 0.6) is 5.75 Å². The van der Waals surface area contributed by atoms with Gasteiger partial charge in [0.25, 0.3) is 0 Å². The summed E-state index contributed by atoms with van der Waals surface area (Å²) in [4.78, 5) is 11.4. The first kappa shape index (κ1) is 11.8. The second-order valence-corrected chi connectivity index (χ2v) is 3.56. The molecule has 15 heavy (non-hydrogen) atoms. The van der Waals surface area contributed by atoms with Gasteiger partial charge in [0, 0.05) is 5.02 Å². The molecule has 82 valence electrons. The van der Waals surface area contributed by atoms with Crippen LogP contribution in [0.2, 0.25) is 5.02 Å². The van der Waals surface area contributed by atoms with Crippen molar-refractivity contribution in [2.24, 2.45) is 5.73 Å². The second kappa shape index (κ2) is 5.00. The molecule has 0 radical (unpaired) electrons. The average molecular weight is 229 g/mol. The predicted molar refractivity (Wildman–Crippen MR) is 60.3 cm³/mol. The van der Waals surface area contributed by atoms with E-state index in [9.17, 15) is 4.79 Å².